The highest BCUT2D eigenvalue weighted by Gasteiger charge is 2.28. The zero-order chi connectivity index (χ0) is 12.1. The first-order valence-electron chi connectivity index (χ1n) is 5.65. The second-order valence-corrected chi connectivity index (χ2v) is 5.54. The molecule has 0 aliphatic rings. The molecule has 0 aliphatic heterocycles. The van der Waals surface area contributed by atoms with Crippen LogP contribution in [0.5, 0.6) is 0 Å². The lowest BCUT2D eigenvalue weighted by Crippen LogP contribution is -2.42. The van der Waals surface area contributed by atoms with Gasteiger partial charge in [-0.3, -0.25) is 4.79 Å². The summed E-state index contributed by atoms with van der Waals surface area (Å²) in [6, 6.07) is 0. The van der Waals surface area contributed by atoms with Crippen LogP contribution in [0.25, 0.3) is 0 Å². The smallest absolute Gasteiger partial charge is 0.225 e. The van der Waals surface area contributed by atoms with Crippen LogP contribution in [0.4, 0.5) is 0 Å². The molecule has 90 valence electrons. The Morgan fingerprint density at radius 3 is 1.93 bits per heavy atom. The molecule has 0 saturated heterocycles. The summed E-state index contributed by atoms with van der Waals surface area (Å²) in [5.41, 5.74) is -0.262. The van der Waals surface area contributed by atoms with Crippen LogP contribution in [-0.2, 0) is 4.79 Å². The van der Waals surface area contributed by atoms with E-state index in [-0.39, 0.29) is 16.7 Å². The van der Waals surface area contributed by atoms with E-state index >= 15 is 0 Å². The van der Waals surface area contributed by atoms with E-state index in [0.29, 0.717) is 12.4 Å². The second kappa shape index (κ2) is 5.74. The van der Waals surface area contributed by atoms with E-state index in [1.807, 2.05) is 20.8 Å². The largest absolute Gasteiger partial charge is 0.355 e. The van der Waals surface area contributed by atoms with Crippen LogP contribution >= 0.6 is 11.6 Å². The number of rotatable bonds is 5. The van der Waals surface area contributed by atoms with Crippen LogP contribution in [-0.4, -0.2) is 18.3 Å². The molecule has 2 nitrogen and oxygen atoms in total. The van der Waals surface area contributed by atoms with Gasteiger partial charge in [0, 0.05) is 23.3 Å². The van der Waals surface area contributed by atoms with Gasteiger partial charge in [0.25, 0.3) is 0 Å². The molecule has 0 rings (SSSR count). The number of carbonyl (C=O) groups is 1. The van der Waals surface area contributed by atoms with Crippen molar-refractivity contribution >= 4 is 17.5 Å². The molecule has 0 bridgehead atoms. The third kappa shape index (κ3) is 4.42. The van der Waals surface area contributed by atoms with Crippen molar-refractivity contribution in [1.82, 2.24) is 5.32 Å². The molecule has 0 heterocycles. The second-order valence-electron chi connectivity index (χ2n) is 5.27. The first kappa shape index (κ1) is 14.8. The zero-order valence-corrected chi connectivity index (χ0v) is 11.4. The van der Waals surface area contributed by atoms with Gasteiger partial charge in [-0.25, -0.2) is 0 Å². The lowest BCUT2D eigenvalue weighted by Gasteiger charge is -2.31. The average Bonchev–Trinajstić information content (AvgIpc) is 2.19. The average molecular weight is 234 g/mol. The Morgan fingerprint density at radius 1 is 1.20 bits per heavy atom. The van der Waals surface area contributed by atoms with Gasteiger partial charge in [-0.15, -0.1) is 11.6 Å². The fraction of sp³-hybridized carbons (Fsp3) is 0.917. The van der Waals surface area contributed by atoms with E-state index < -0.39 is 0 Å². The first-order chi connectivity index (χ1) is 6.81. The maximum absolute atomic E-state index is 11.7. The van der Waals surface area contributed by atoms with Crippen molar-refractivity contribution in [3.8, 4) is 0 Å². The minimum absolute atomic E-state index is 0.0580. The summed E-state index contributed by atoms with van der Waals surface area (Å²) in [4.78, 5) is 11.7. The Morgan fingerprint density at radius 2 is 1.67 bits per heavy atom. The van der Waals surface area contributed by atoms with Crippen molar-refractivity contribution < 1.29 is 4.79 Å². The summed E-state index contributed by atoms with van der Waals surface area (Å²) in [5, 5.41) is 2.99. The molecule has 0 aromatic rings. The number of nitrogens with one attached hydrogen (secondary N) is 1. The number of halogens is 1. The molecular weight excluding hydrogens is 210 g/mol. The fourth-order valence-corrected chi connectivity index (χ4v) is 1.74. The maximum Gasteiger partial charge on any atom is 0.225 e. The Balaban J connectivity index is 4.29. The van der Waals surface area contributed by atoms with E-state index in [1.54, 1.807) is 0 Å². The summed E-state index contributed by atoms with van der Waals surface area (Å²) < 4.78 is 0. The van der Waals surface area contributed by atoms with Gasteiger partial charge in [0.15, 0.2) is 0 Å². The van der Waals surface area contributed by atoms with Crippen molar-refractivity contribution in [2.45, 2.75) is 47.5 Å². The van der Waals surface area contributed by atoms with E-state index in [0.717, 1.165) is 12.8 Å². The minimum atomic E-state index is -0.320. The van der Waals surface area contributed by atoms with E-state index in [9.17, 15) is 4.79 Å². The lowest BCUT2D eigenvalue weighted by molar-refractivity contribution is -0.129. The van der Waals surface area contributed by atoms with Gasteiger partial charge in [0.2, 0.25) is 5.91 Å². The van der Waals surface area contributed by atoms with Gasteiger partial charge < -0.3 is 5.32 Å². The van der Waals surface area contributed by atoms with Crippen molar-refractivity contribution in [2.75, 3.05) is 12.4 Å². The van der Waals surface area contributed by atoms with E-state index in [1.165, 1.54) is 0 Å². The van der Waals surface area contributed by atoms with Gasteiger partial charge >= 0.3 is 0 Å². The van der Waals surface area contributed by atoms with Crippen LogP contribution in [0, 0.1) is 10.8 Å². The van der Waals surface area contributed by atoms with Crippen LogP contribution < -0.4 is 5.32 Å². The molecule has 0 fully saturated rings. The van der Waals surface area contributed by atoms with Gasteiger partial charge in [0.1, 0.15) is 0 Å². The number of amides is 1. The highest BCUT2D eigenvalue weighted by Crippen LogP contribution is 2.27. The summed E-state index contributed by atoms with van der Waals surface area (Å²) in [5.74, 6) is 0.698. The van der Waals surface area contributed by atoms with Crippen LogP contribution in [0.1, 0.15) is 47.5 Å². The maximum atomic E-state index is 11.7. The predicted octanol–water partition coefficient (Wildman–Crippen LogP) is 3.19. The summed E-state index contributed by atoms with van der Waals surface area (Å²) in [7, 11) is 0. The third-order valence-electron chi connectivity index (χ3n) is 3.09. The number of hydrogen-bond donors (Lipinski definition) is 1. The fourth-order valence-electron chi connectivity index (χ4n) is 1.27. The van der Waals surface area contributed by atoms with Gasteiger partial charge in [0.05, 0.1) is 0 Å². The molecule has 15 heavy (non-hydrogen) atoms. The third-order valence-corrected chi connectivity index (χ3v) is 3.66. The highest BCUT2D eigenvalue weighted by molar-refractivity contribution is 6.18. The molecule has 0 radical (unpaired) electrons. The molecule has 0 spiro atoms. The topological polar surface area (TPSA) is 29.1 Å². The van der Waals surface area contributed by atoms with Gasteiger partial charge in [-0.1, -0.05) is 34.6 Å². The Kier molecular flexibility index (Phi) is 5.65. The van der Waals surface area contributed by atoms with Crippen molar-refractivity contribution in [1.29, 1.82) is 0 Å². The van der Waals surface area contributed by atoms with Gasteiger partial charge in [-0.2, -0.15) is 0 Å². The monoisotopic (exact) mass is 233 g/mol. The van der Waals surface area contributed by atoms with Crippen LogP contribution in [0.3, 0.4) is 0 Å². The molecule has 0 aromatic carbocycles. The normalized spacial score (nSPS) is 12.7. The predicted molar refractivity (Wildman–Crippen MR) is 66.2 cm³/mol. The summed E-state index contributed by atoms with van der Waals surface area (Å²) >= 11 is 5.97. The van der Waals surface area contributed by atoms with Crippen molar-refractivity contribution in [2.24, 2.45) is 10.8 Å². The summed E-state index contributed by atoms with van der Waals surface area (Å²) in [6.45, 7) is 10.7. The molecule has 0 aliphatic carbocycles. The molecule has 0 unspecified atom stereocenters. The summed E-state index contributed by atoms with van der Waals surface area (Å²) in [6.07, 6.45) is 1.99. The standard InChI is InChI=1S/C12H24ClNO/c1-6-12(7-2,8-13)9-14-10(15)11(3,4)5/h6-9H2,1-5H3,(H,14,15). The first-order valence-corrected chi connectivity index (χ1v) is 6.19. The molecule has 0 saturated carbocycles. The highest BCUT2D eigenvalue weighted by atomic mass is 35.5. The van der Waals surface area contributed by atoms with E-state index in [2.05, 4.69) is 19.2 Å². The molecule has 1 N–H and O–H groups in total. The minimum Gasteiger partial charge on any atom is -0.355 e. The molecular formula is C12H24ClNO. The molecule has 1 amide bonds. The van der Waals surface area contributed by atoms with Crippen molar-refractivity contribution in [3.63, 3.8) is 0 Å². The SMILES string of the molecule is CCC(CC)(CCl)CNC(=O)C(C)(C)C. The lowest BCUT2D eigenvalue weighted by atomic mass is 9.84. The van der Waals surface area contributed by atoms with Crippen LogP contribution in [0.15, 0.2) is 0 Å². The molecule has 3 heteroatoms. The molecule has 0 aromatic heterocycles. The number of hydrogen-bond acceptors (Lipinski definition) is 1. The van der Waals surface area contributed by atoms with Crippen molar-refractivity contribution in [3.05, 3.63) is 0 Å². The van der Waals surface area contributed by atoms with E-state index in [4.69, 9.17) is 11.6 Å². The zero-order valence-electron chi connectivity index (χ0n) is 10.6. The quantitative estimate of drug-likeness (QED) is 0.726. The Labute approximate surface area is 98.8 Å². The number of carbonyl (C=O) groups excluding carboxylic acids is 1. The van der Waals surface area contributed by atoms with Gasteiger partial charge in [-0.05, 0) is 12.8 Å². The Bertz CT molecular complexity index is 196. The molecule has 0 atom stereocenters. The Hall–Kier alpha value is -0.240. The number of alkyl halides is 1. The van der Waals surface area contributed by atoms with Crippen LogP contribution in [0.2, 0.25) is 0 Å².